The monoisotopic (exact) mass is 456 g/mol. The van der Waals surface area contributed by atoms with Gasteiger partial charge < -0.3 is 10.1 Å². The summed E-state index contributed by atoms with van der Waals surface area (Å²) >= 11 is 6.52. The average Bonchev–Trinajstić information content (AvgIpc) is 3.43. The van der Waals surface area contributed by atoms with Gasteiger partial charge in [-0.1, -0.05) is 29.8 Å². The molecule has 0 spiro atoms. The number of halogens is 2. The molecular formula is C24H26ClFN4O2. The number of likely N-dealkylation sites (tertiary alicyclic amines) is 1. The number of rotatable bonds is 7. The van der Waals surface area contributed by atoms with Crippen molar-refractivity contribution in [3.63, 3.8) is 0 Å². The van der Waals surface area contributed by atoms with Crippen LogP contribution in [0.4, 0.5) is 4.39 Å². The molecule has 0 radical (unpaired) electrons. The quantitative estimate of drug-likeness (QED) is 0.566. The van der Waals surface area contributed by atoms with Crippen molar-refractivity contribution in [2.24, 2.45) is 0 Å². The molecule has 1 unspecified atom stereocenters. The number of benzene rings is 2. The second-order valence-electron chi connectivity index (χ2n) is 7.85. The molecule has 2 aromatic carbocycles. The van der Waals surface area contributed by atoms with Crippen molar-refractivity contribution in [3.05, 3.63) is 76.3 Å². The maximum Gasteiger partial charge on any atom is 0.256 e. The summed E-state index contributed by atoms with van der Waals surface area (Å²) in [6.45, 7) is 4.09. The highest BCUT2D eigenvalue weighted by molar-refractivity contribution is 6.33. The summed E-state index contributed by atoms with van der Waals surface area (Å²) in [5, 5.41) is 7.64. The highest BCUT2D eigenvalue weighted by atomic mass is 35.5. The highest BCUT2D eigenvalue weighted by Gasteiger charge is 2.28. The van der Waals surface area contributed by atoms with Crippen molar-refractivity contribution in [1.29, 1.82) is 0 Å². The van der Waals surface area contributed by atoms with E-state index in [9.17, 15) is 9.18 Å². The highest BCUT2D eigenvalue weighted by Crippen LogP contribution is 2.31. The molecule has 0 aliphatic carbocycles. The van der Waals surface area contributed by atoms with Gasteiger partial charge in [0.05, 0.1) is 30.1 Å². The number of hydrogen-bond donors (Lipinski definition) is 1. The molecule has 4 rings (SSSR count). The molecule has 1 aromatic heterocycles. The first-order valence-corrected chi connectivity index (χ1v) is 11.0. The number of amides is 1. The van der Waals surface area contributed by atoms with E-state index in [1.807, 2.05) is 24.3 Å². The molecule has 0 saturated carbocycles. The molecule has 1 aliphatic heterocycles. The Morgan fingerprint density at radius 3 is 2.56 bits per heavy atom. The van der Waals surface area contributed by atoms with Crippen LogP contribution in [0.2, 0.25) is 5.15 Å². The average molecular weight is 457 g/mol. The van der Waals surface area contributed by atoms with Gasteiger partial charge in [0.15, 0.2) is 0 Å². The molecule has 1 amide bonds. The van der Waals surface area contributed by atoms with Gasteiger partial charge in [0.1, 0.15) is 16.7 Å². The largest absolute Gasteiger partial charge is 0.496 e. The van der Waals surface area contributed by atoms with Crippen molar-refractivity contribution in [3.8, 4) is 11.4 Å². The zero-order chi connectivity index (χ0) is 22.7. The lowest BCUT2D eigenvalue weighted by Gasteiger charge is -2.29. The number of nitrogens with one attached hydrogen (secondary N) is 1. The fourth-order valence-corrected chi connectivity index (χ4v) is 4.58. The standard InChI is InChI=1S/C24H26ClFN4O2/c1-16-22(23(25)30(28-16)18-11-9-17(26)10-12-18)24(31)27-15-20(29-13-5-6-14-29)19-7-3-4-8-21(19)32-2/h3-4,7-12,20H,5-6,13-15H2,1-2H3,(H,27,31). The predicted molar refractivity (Wildman–Crippen MR) is 122 cm³/mol. The maximum atomic E-state index is 13.3. The van der Waals surface area contributed by atoms with Crippen LogP contribution in [-0.2, 0) is 0 Å². The van der Waals surface area contributed by atoms with Crippen molar-refractivity contribution >= 4 is 17.5 Å². The summed E-state index contributed by atoms with van der Waals surface area (Å²) in [5.74, 6) is 0.160. The number of nitrogens with zero attached hydrogens (tertiary/aromatic N) is 3. The Morgan fingerprint density at radius 1 is 1.19 bits per heavy atom. The van der Waals surface area contributed by atoms with Crippen LogP contribution < -0.4 is 10.1 Å². The number of aromatic nitrogens is 2. The van der Waals surface area contributed by atoms with E-state index in [1.54, 1.807) is 26.2 Å². The summed E-state index contributed by atoms with van der Waals surface area (Å²) in [6.07, 6.45) is 2.27. The summed E-state index contributed by atoms with van der Waals surface area (Å²) in [5.41, 5.74) is 2.45. The van der Waals surface area contributed by atoms with Gasteiger partial charge in [-0.2, -0.15) is 5.10 Å². The maximum absolute atomic E-state index is 13.3. The number of aryl methyl sites for hydroxylation is 1. The van der Waals surface area contributed by atoms with Crippen molar-refractivity contribution < 1.29 is 13.9 Å². The van der Waals surface area contributed by atoms with E-state index in [1.165, 1.54) is 16.8 Å². The SMILES string of the molecule is COc1ccccc1C(CNC(=O)c1c(C)nn(-c2ccc(F)cc2)c1Cl)N1CCCC1. The molecule has 1 saturated heterocycles. The third-order valence-electron chi connectivity index (χ3n) is 5.84. The fourth-order valence-electron chi connectivity index (χ4n) is 4.22. The minimum atomic E-state index is -0.351. The molecule has 3 aromatic rings. The number of hydrogen-bond acceptors (Lipinski definition) is 4. The van der Waals surface area contributed by atoms with Gasteiger partial charge in [-0.3, -0.25) is 9.69 Å². The van der Waals surface area contributed by atoms with Crippen LogP contribution in [0.1, 0.15) is 40.5 Å². The van der Waals surface area contributed by atoms with Gasteiger partial charge in [-0.15, -0.1) is 0 Å². The van der Waals surface area contributed by atoms with Crippen LogP contribution in [0, 0.1) is 12.7 Å². The van der Waals surface area contributed by atoms with E-state index >= 15 is 0 Å². The second kappa shape index (κ2) is 9.71. The van der Waals surface area contributed by atoms with Crippen LogP contribution in [0.5, 0.6) is 5.75 Å². The molecule has 168 valence electrons. The predicted octanol–water partition coefficient (Wildman–Crippen LogP) is 4.55. The van der Waals surface area contributed by atoms with Gasteiger partial charge in [-0.05, 0) is 63.2 Å². The minimum absolute atomic E-state index is 0.0103. The molecule has 2 heterocycles. The number of carbonyl (C=O) groups is 1. The normalized spacial score (nSPS) is 15.0. The summed E-state index contributed by atoms with van der Waals surface area (Å²) < 4.78 is 20.3. The Bertz CT molecular complexity index is 1090. The van der Waals surface area contributed by atoms with E-state index in [4.69, 9.17) is 16.3 Å². The summed E-state index contributed by atoms with van der Waals surface area (Å²) in [6, 6.07) is 13.7. The third kappa shape index (κ3) is 4.49. The first-order chi connectivity index (χ1) is 15.5. The smallest absolute Gasteiger partial charge is 0.256 e. The lowest BCUT2D eigenvalue weighted by Crippen LogP contribution is -2.37. The zero-order valence-electron chi connectivity index (χ0n) is 18.1. The lowest BCUT2D eigenvalue weighted by atomic mass is 10.0. The minimum Gasteiger partial charge on any atom is -0.496 e. The molecule has 1 atom stereocenters. The third-order valence-corrected chi connectivity index (χ3v) is 6.19. The fraction of sp³-hybridized carbons (Fsp3) is 0.333. The van der Waals surface area contributed by atoms with E-state index < -0.39 is 0 Å². The first kappa shape index (κ1) is 22.3. The number of ether oxygens (including phenoxy) is 1. The molecule has 0 bridgehead atoms. The van der Waals surface area contributed by atoms with Crippen LogP contribution in [-0.4, -0.2) is 47.3 Å². The molecule has 1 aliphatic rings. The van der Waals surface area contributed by atoms with Crippen molar-refractivity contribution in [1.82, 2.24) is 20.0 Å². The van der Waals surface area contributed by atoms with E-state index in [0.29, 0.717) is 23.5 Å². The molecule has 1 fully saturated rings. The Morgan fingerprint density at radius 2 is 1.88 bits per heavy atom. The van der Waals surface area contributed by atoms with Crippen molar-refractivity contribution in [2.75, 3.05) is 26.7 Å². The van der Waals surface area contributed by atoms with Crippen molar-refractivity contribution in [2.45, 2.75) is 25.8 Å². The number of para-hydroxylation sites is 1. The van der Waals surface area contributed by atoms with Crippen LogP contribution in [0.15, 0.2) is 48.5 Å². The molecule has 1 N–H and O–H groups in total. The van der Waals surface area contributed by atoms with Gasteiger partial charge in [0, 0.05) is 12.1 Å². The van der Waals surface area contributed by atoms with Gasteiger partial charge >= 0.3 is 0 Å². The van der Waals surface area contributed by atoms with Gasteiger partial charge in [0.2, 0.25) is 0 Å². The topological polar surface area (TPSA) is 59.4 Å². The van der Waals surface area contributed by atoms with Crippen LogP contribution in [0.25, 0.3) is 5.69 Å². The second-order valence-corrected chi connectivity index (χ2v) is 8.21. The summed E-state index contributed by atoms with van der Waals surface area (Å²) in [7, 11) is 1.66. The van der Waals surface area contributed by atoms with E-state index in [2.05, 4.69) is 15.3 Å². The van der Waals surface area contributed by atoms with Gasteiger partial charge in [0.25, 0.3) is 5.91 Å². The Hall–Kier alpha value is -2.90. The Balaban J connectivity index is 1.57. The number of methoxy groups -OCH3 is 1. The molecule has 8 heteroatoms. The Labute approximate surface area is 191 Å². The molecule has 6 nitrogen and oxygen atoms in total. The van der Waals surface area contributed by atoms with Crippen LogP contribution in [0.3, 0.4) is 0 Å². The molecular weight excluding hydrogens is 431 g/mol. The number of carbonyl (C=O) groups excluding carboxylic acids is 1. The molecule has 32 heavy (non-hydrogen) atoms. The summed E-state index contributed by atoms with van der Waals surface area (Å²) in [4.78, 5) is 15.5. The van der Waals surface area contributed by atoms with Gasteiger partial charge in [-0.25, -0.2) is 9.07 Å². The van der Waals surface area contributed by atoms with E-state index in [0.717, 1.165) is 37.2 Å². The Kier molecular flexibility index (Phi) is 6.77. The first-order valence-electron chi connectivity index (χ1n) is 10.7. The zero-order valence-corrected chi connectivity index (χ0v) is 18.9. The van der Waals surface area contributed by atoms with E-state index in [-0.39, 0.29) is 22.9 Å². The van der Waals surface area contributed by atoms with Crippen LogP contribution >= 0.6 is 11.6 Å². The lowest BCUT2D eigenvalue weighted by molar-refractivity contribution is 0.0937.